The van der Waals surface area contributed by atoms with Crippen LogP contribution in [0.3, 0.4) is 0 Å². The van der Waals surface area contributed by atoms with Gasteiger partial charge in [-0.05, 0) is 50.6 Å². The van der Waals surface area contributed by atoms with Gasteiger partial charge in [0.05, 0.1) is 6.07 Å². The van der Waals surface area contributed by atoms with Crippen LogP contribution in [0.25, 0.3) is 0 Å². The van der Waals surface area contributed by atoms with Crippen LogP contribution in [0.1, 0.15) is 25.7 Å². The molecule has 2 saturated heterocycles. The van der Waals surface area contributed by atoms with Gasteiger partial charge in [0.1, 0.15) is 5.78 Å². The van der Waals surface area contributed by atoms with Gasteiger partial charge in [-0.15, -0.1) is 0 Å². The fraction of sp³-hybridized carbons (Fsp3) is 0.882. The highest BCUT2D eigenvalue weighted by atomic mass is 16.1. The van der Waals surface area contributed by atoms with E-state index in [1.165, 1.54) is 13.1 Å². The SMILES string of the molecule is CN1CC2CC(=O)CC2C1.CN1CC2CC(C#N)CC2C1. The first-order chi connectivity index (χ1) is 10.0. The van der Waals surface area contributed by atoms with Crippen LogP contribution in [0.5, 0.6) is 0 Å². The lowest BCUT2D eigenvalue weighted by atomic mass is 10.0. The first-order valence-corrected chi connectivity index (χ1v) is 8.33. The summed E-state index contributed by atoms with van der Waals surface area (Å²) in [5, 5.41) is 8.72. The van der Waals surface area contributed by atoms with Gasteiger partial charge in [-0.3, -0.25) is 4.79 Å². The third-order valence-corrected chi connectivity index (χ3v) is 5.85. The van der Waals surface area contributed by atoms with Gasteiger partial charge in [-0.2, -0.15) is 5.26 Å². The molecular formula is C17H27N3O. The number of carbonyl (C=O) groups excluding carboxylic acids is 1. The van der Waals surface area contributed by atoms with Crippen molar-refractivity contribution in [2.75, 3.05) is 40.3 Å². The van der Waals surface area contributed by atoms with Crippen molar-refractivity contribution >= 4 is 5.78 Å². The van der Waals surface area contributed by atoms with Gasteiger partial charge in [0.25, 0.3) is 0 Å². The van der Waals surface area contributed by atoms with Gasteiger partial charge < -0.3 is 9.80 Å². The Morgan fingerprint density at radius 2 is 1.33 bits per heavy atom. The second-order valence-electron chi connectivity index (χ2n) is 7.73. The molecular weight excluding hydrogens is 262 g/mol. The molecule has 0 aromatic heterocycles. The van der Waals surface area contributed by atoms with Gasteiger partial charge in [0, 0.05) is 44.9 Å². The van der Waals surface area contributed by atoms with Crippen molar-refractivity contribution in [2.45, 2.75) is 25.7 Å². The molecule has 2 aliphatic heterocycles. The zero-order chi connectivity index (χ0) is 15.0. The normalized spacial score (nSPS) is 42.3. The van der Waals surface area contributed by atoms with E-state index >= 15 is 0 Å². The Morgan fingerprint density at radius 1 is 0.905 bits per heavy atom. The zero-order valence-electron chi connectivity index (χ0n) is 13.3. The fourth-order valence-corrected chi connectivity index (χ4v) is 4.94. The lowest BCUT2D eigenvalue weighted by molar-refractivity contribution is -0.117. The number of ketones is 1. The molecule has 21 heavy (non-hydrogen) atoms. The predicted octanol–water partition coefficient (Wildman–Crippen LogP) is 1.62. The molecule has 0 N–H and O–H groups in total. The van der Waals surface area contributed by atoms with Crippen LogP contribution < -0.4 is 0 Å². The molecule has 4 heteroatoms. The maximum absolute atomic E-state index is 10.9. The third-order valence-electron chi connectivity index (χ3n) is 5.85. The minimum Gasteiger partial charge on any atom is -0.306 e. The van der Waals surface area contributed by atoms with Gasteiger partial charge >= 0.3 is 0 Å². The second kappa shape index (κ2) is 6.06. The average molecular weight is 289 g/mol. The van der Waals surface area contributed by atoms with Gasteiger partial charge in [0.15, 0.2) is 0 Å². The molecule has 0 aromatic rings. The van der Waals surface area contributed by atoms with Crippen molar-refractivity contribution in [3.8, 4) is 6.07 Å². The molecule has 4 fully saturated rings. The Kier molecular flexibility index (Phi) is 4.33. The van der Waals surface area contributed by atoms with E-state index in [1.807, 2.05) is 0 Å². The Balaban J connectivity index is 0.000000126. The monoisotopic (exact) mass is 289 g/mol. The number of hydrogen-bond acceptors (Lipinski definition) is 4. The molecule has 2 heterocycles. The summed E-state index contributed by atoms with van der Waals surface area (Å²) in [7, 11) is 4.32. The van der Waals surface area contributed by atoms with E-state index in [0.717, 1.165) is 50.6 Å². The molecule has 116 valence electrons. The maximum atomic E-state index is 10.9. The Morgan fingerprint density at radius 3 is 1.76 bits per heavy atom. The lowest BCUT2D eigenvalue weighted by Crippen LogP contribution is -2.16. The van der Waals surface area contributed by atoms with Crippen molar-refractivity contribution in [1.29, 1.82) is 5.26 Å². The lowest BCUT2D eigenvalue weighted by Gasteiger charge is -2.08. The van der Waals surface area contributed by atoms with Crippen LogP contribution in [0.2, 0.25) is 0 Å². The van der Waals surface area contributed by atoms with Crippen LogP contribution in [-0.2, 0) is 4.79 Å². The highest BCUT2D eigenvalue weighted by Gasteiger charge is 2.39. The van der Waals surface area contributed by atoms with Crippen molar-refractivity contribution in [3.05, 3.63) is 0 Å². The molecule has 4 rings (SSSR count). The van der Waals surface area contributed by atoms with Crippen molar-refractivity contribution < 1.29 is 4.79 Å². The minimum atomic E-state index is 0.374. The number of Topliss-reactive ketones (excluding diaryl/α,β-unsaturated/α-hetero) is 1. The van der Waals surface area contributed by atoms with Crippen molar-refractivity contribution in [3.63, 3.8) is 0 Å². The minimum absolute atomic E-state index is 0.374. The van der Waals surface area contributed by atoms with E-state index in [4.69, 9.17) is 5.26 Å². The quantitative estimate of drug-likeness (QED) is 0.680. The largest absolute Gasteiger partial charge is 0.306 e. The molecule has 0 spiro atoms. The standard InChI is InChI=1S/C9H14N2.C8H13NO/c1-11-5-8-2-7(4-10)3-9(8)6-11;1-9-4-6-2-8(10)3-7(6)5-9/h7-9H,2-3,5-6H2,1H3;6-7H,2-5H2,1H3. The zero-order valence-corrected chi connectivity index (χ0v) is 13.3. The molecule has 0 amide bonds. The number of rotatable bonds is 0. The molecule has 2 aliphatic carbocycles. The number of carbonyl (C=O) groups is 1. The fourth-order valence-electron chi connectivity index (χ4n) is 4.94. The second-order valence-corrected chi connectivity index (χ2v) is 7.73. The maximum Gasteiger partial charge on any atom is 0.133 e. The third kappa shape index (κ3) is 3.30. The van der Waals surface area contributed by atoms with E-state index in [1.54, 1.807) is 0 Å². The van der Waals surface area contributed by atoms with E-state index in [2.05, 4.69) is 30.0 Å². The van der Waals surface area contributed by atoms with Gasteiger partial charge in [-0.25, -0.2) is 0 Å². The summed E-state index contributed by atoms with van der Waals surface area (Å²) in [5.74, 6) is 3.95. The van der Waals surface area contributed by atoms with Crippen LogP contribution in [0.4, 0.5) is 0 Å². The van der Waals surface area contributed by atoms with E-state index < -0.39 is 0 Å². The summed E-state index contributed by atoms with van der Waals surface area (Å²) >= 11 is 0. The highest BCUT2D eigenvalue weighted by Crippen LogP contribution is 2.40. The van der Waals surface area contributed by atoms with Gasteiger partial charge in [0.2, 0.25) is 0 Å². The van der Waals surface area contributed by atoms with E-state index in [0.29, 0.717) is 23.5 Å². The number of nitriles is 1. The number of hydrogen-bond donors (Lipinski definition) is 0. The van der Waals surface area contributed by atoms with E-state index in [9.17, 15) is 4.79 Å². The average Bonchev–Trinajstić information content (AvgIpc) is 3.08. The van der Waals surface area contributed by atoms with Crippen LogP contribution >= 0.6 is 0 Å². The topological polar surface area (TPSA) is 47.3 Å². The first-order valence-electron chi connectivity index (χ1n) is 8.33. The Bertz CT molecular complexity index is 414. The number of likely N-dealkylation sites (tertiary alicyclic amines) is 2. The van der Waals surface area contributed by atoms with Gasteiger partial charge in [-0.1, -0.05) is 0 Å². The highest BCUT2D eigenvalue weighted by molar-refractivity contribution is 5.81. The summed E-state index contributed by atoms with van der Waals surface area (Å²) < 4.78 is 0. The summed E-state index contributed by atoms with van der Waals surface area (Å²) in [5.41, 5.74) is 0. The summed E-state index contributed by atoms with van der Waals surface area (Å²) in [6.45, 7) is 4.75. The smallest absolute Gasteiger partial charge is 0.133 e. The summed E-state index contributed by atoms with van der Waals surface area (Å²) in [6, 6.07) is 2.39. The Labute approximate surface area is 128 Å². The molecule has 4 nitrogen and oxygen atoms in total. The first kappa shape index (κ1) is 15.0. The molecule has 0 radical (unpaired) electrons. The predicted molar refractivity (Wildman–Crippen MR) is 81.5 cm³/mol. The molecule has 4 aliphatic rings. The van der Waals surface area contributed by atoms with Crippen molar-refractivity contribution in [1.82, 2.24) is 9.80 Å². The summed E-state index contributed by atoms with van der Waals surface area (Å²) in [4.78, 5) is 15.7. The van der Waals surface area contributed by atoms with E-state index in [-0.39, 0.29) is 0 Å². The molecule has 0 aromatic carbocycles. The number of fused-ring (bicyclic) bond motifs is 2. The van der Waals surface area contributed by atoms with Crippen LogP contribution in [0.15, 0.2) is 0 Å². The molecule has 4 unspecified atom stereocenters. The van der Waals surface area contributed by atoms with Crippen molar-refractivity contribution in [2.24, 2.45) is 29.6 Å². The molecule has 2 saturated carbocycles. The summed E-state index contributed by atoms with van der Waals surface area (Å²) in [6.07, 6.45) is 4.03. The number of nitrogens with zero attached hydrogens (tertiary/aromatic N) is 3. The molecule has 0 bridgehead atoms. The van der Waals surface area contributed by atoms with Crippen LogP contribution in [-0.4, -0.2) is 55.9 Å². The molecule has 4 atom stereocenters. The Hall–Kier alpha value is -0.920. The van der Waals surface area contributed by atoms with Crippen LogP contribution in [0, 0.1) is 40.9 Å².